The average molecular weight is 344 g/mol. The van der Waals surface area contributed by atoms with Gasteiger partial charge in [0.2, 0.25) is 11.8 Å². The van der Waals surface area contributed by atoms with Gasteiger partial charge in [-0.2, -0.15) is 0 Å². The van der Waals surface area contributed by atoms with Gasteiger partial charge in [-0.15, -0.1) is 0 Å². The number of nitrogens with zero attached hydrogens (tertiary/aromatic N) is 2. The van der Waals surface area contributed by atoms with Gasteiger partial charge in [0.1, 0.15) is 0 Å². The number of benzene rings is 1. The van der Waals surface area contributed by atoms with Crippen LogP contribution in [0.5, 0.6) is 0 Å². The molecular formula is C21H32N2O2. The van der Waals surface area contributed by atoms with Crippen molar-refractivity contribution in [3.8, 4) is 0 Å². The van der Waals surface area contributed by atoms with E-state index in [1.54, 1.807) is 4.90 Å². The Morgan fingerprint density at radius 2 is 1.96 bits per heavy atom. The normalized spacial score (nSPS) is 16.7. The van der Waals surface area contributed by atoms with Crippen LogP contribution in [0.2, 0.25) is 0 Å². The highest BCUT2D eigenvalue weighted by Crippen LogP contribution is 2.29. The molecule has 1 atom stereocenters. The second kappa shape index (κ2) is 9.02. The second-order valence-electron chi connectivity index (χ2n) is 7.33. The molecule has 1 aromatic carbocycles. The molecule has 2 rings (SSSR count). The molecule has 0 aromatic heterocycles. The first-order chi connectivity index (χ1) is 12.0. The summed E-state index contributed by atoms with van der Waals surface area (Å²) in [5, 5.41) is 0. The van der Waals surface area contributed by atoms with Crippen molar-refractivity contribution in [3.63, 3.8) is 0 Å². The van der Waals surface area contributed by atoms with Crippen LogP contribution in [0.3, 0.4) is 0 Å². The predicted molar refractivity (Wildman–Crippen MR) is 101 cm³/mol. The van der Waals surface area contributed by atoms with Crippen molar-refractivity contribution >= 4 is 11.8 Å². The van der Waals surface area contributed by atoms with Crippen LogP contribution >= 0.6 is 0 Å². The lowest BCUT2D eigenvalue weighted by Crippen LogP contribution is -2.47. The van der Waals surface area contributed by atoms with E-state index in [1.165, 1.54) is 11.1 Å². The maximum Gasteiger partial charge on any atom is 0.242 e. The lowest BCUT2D eigenvalue weighted by molar-refractivity contribution is -0.143. The number of amides is 2. The van der Waals surface area contributed by atoms with Gasteiger partial charge in [0.15, 0.2) is 0 Å². The number of carbonyl (C=O) groups excluding carboxylic acids is 2. The minimum absolute atomic E-state index is 0.0625. The Morgan fingerprint density at radius 1 is 1.24 bits per heavy atom. The van der Waals surface area contributed by atoms with Crippen LogP contribution in [0, 0.1) is 5.92 Å². The van der Waals surface area contributed by atoms with E-state index in [-0.39, 0.29) is 30.3 Å². The second-order valence-corrected chi connectivity index (χ2v) is 7.33. The van der Waals surface area contributed by atoms with E-state index in [9.17, 15) is 9.59 Å². The van der Waals surface area contributed by atoms with Gasteiger partial charge in [0.05, 0.1) is 12.6 Å². The molecule has 25 heavy (non-hydrogen) atoms. The molecule has 4 nitrogen and oxygen atoms in total. The molecule has 0 bridgehead atoms. The molecule has 4 heteroatoms. The van der Waals surface area contributed by atoms with Crippen LogP contribution < -0.4 is 0 Å². The number of rotatable bonds is 7. The van der Waals surface area contributed by atoms with Crippen molar-refractivity contribution in [1.82, 2.24) is 9.80 Å². The largest absolute Gasteiger partial charge is 0.334 e. The highest BCUT2D eigenvalue weighted by molar-refractivity contribution is 5.86. The van der Waals surface area contributed by atoms with E-state index in [1.807, 2.05) is 24.8 Å². The van der Waals surface area contributed by atoms with Crippen LogP contribution in [-0.4, -0.2) is 41.2 Å². The van der Waals surface area contributed by atoms with Crippen LogP contribution in [-0.2, 0) is 16.0 Å². The Morgan fingerprint density at radius 3 is 2.64 bits per heavy atom. The first-order valence-corrected chi connectivity index (χ1v) is 9.61. The van der Waals surface area contributed by atoms with Gasteiger partial charge in [-0.3, -0.25) is 9.59 Å². The first-order valence-electron chi connectivity index (χ1n) is 9.61. The van der Waals surface area contributed by atoms with Gasteiger partial charge in [-0.1, -0.05) is 57.9 Å². The molecule has 0 fully saturated rings. The fourth-order valence-corrected chi connectivity index (χ4v) is 3.55. The zero-order chi connectivity index (χ0) is 18.4. The SMILES string of the molecule is CCCCCN(CC(=O)N1CCc2ccccc2C1C)C(=O)C(C)C. The molecule has 1 aliphatic heterocycles. The van der Waals surface area contributed by atoms with Crippen molar-refractivity contribution in [1.29, 1.82) is 0 Å². The summed E-state index contributed by atoms with van der Waals surface area (Å²) in [5.74, 6) is 0.0657. The fraction of sp³-hybridized carbons (Fsp3) is 0.619. The Balaban J connectivity index is 2.06. The Hall–Kier alpha value is -1.84. The zero-order valence-corrected chi connectivity index (χ0v) is 16.1. The third kappa shape index (κ3) is 4.83. The monoisotopic (exact) mass is 344 g/mol. The van der Waals surface area contributed by atoms with Crippen LogP contribution in [0.1, 0.15) is 64.1 Å². The summed E-state index contributed by atoms with van der Waals surface area (Å²) in [7, 11) is 0. The van der Waals surface area contributed by atoms with Crippen LogP contribution in [0.25, 0.3) is 0 Å². The molecule has 1 heterocycles. The summed E-state index contributed by atoms with van der Waals surface area (Å²) in [6, 6.07) is 8.41. The number of hydrogen-bond donors (Lipinski definition) is 0. The number of unbranched alkanes of at least 4 members (excludes halogenated alkanes) is 2. The smallest absolute Gasteiger partial charge is 0.242 e. The maximum absolute atomic E-state index is 12.9. The molecule has 0 saturated carbocycles. The first kappa shape index (κ1) is 19.5. The Kier molecular flexibility index (Phi) is 7.03. The van der Waals surface area contributed by atoms with Crippen molar-refractivity contribution < 1.29 is 9.59 Å². The minimum Gasteiger partial charge on any atom is -0.334 e. The average Bonchev–Trinajstić information content (AvgIpc) is 2.60. The van der Waals surface area contributed by atoms with Gasteiger partial charge in [0.25, 0.3) is 0 Å². The third-order valence-corrected chi connectivity index (χ3v) is 5.08. The molecule has 0 N–H and O–H groups in total. The number of fused-ring (bicyclic) bond motifs is 1. The zero-order valence-electron chi connectivity index (χ0n) is 16.1. The summed E-state index contributed by atoms with van der Waals surface area (Å²) in [5.41, 5.74) is 2.56. The van der Waals surface area contributed by atoms with E-state index in [4.69, 9.17) is 0 Å². The highest BCUT2D eigenvalue weighted by Gasteiger charge is 2.29. The van der Waals surface area contributed by atoms with E-state index >= 15 is 0 Å². The summed E-state index contributed by atoms with van der Waals surface area (Å²) >= 11 is 0. The minimum atomic E-state index is -0.0751. The molecule has 138 valence electrons. The predicted octanol–water partition coefficient (Wildman–Crippen LogP) is 3.81. The van der Waals surface area contributed by atoms with E-state index in [2.05, 4.69) is 32.0 Å². The lowest BCUT2D eigenvalue weighted by Gasteiger charge is -2.37. The number of carbonyl (C=O) groups is 2. The lowest BCUT2D eigenvalue weighted by atomic mass is 9.93. The maximum atomic E-state index is 12.9. The van der Waals surface area contributed by atoms with Gasteiger partial charge in [0, 0.05) is 19.0 Å². The molecular weight excluding hydrogens is 312 g/mol. The molecule has 1 aliphatic rings. The Bertz CT molecular complexity index is 597. The van der Waals surface area contributed by atoms with Gasteiger partial charge < -0.3 is 9.80 Å². The third-order valence-electron chi connectivity index (χ3n) is 5.08. The fourth-order valence-electron chi connectivity index (χ4n) is 3.55. The molecule has 0 saturated heterocycles. The molecule has 0 radical (unpaired) electrons. The van der Waals surface area contributed by atoms with E-state index < -0.39 is 0 Å². The Labute approximate surface area is 152 Å². The molecule has 2 amide bonds. The summed E-state index contributed by atoms with van der Waals surface area (Å²) in [6.07, 6.45) is 4.04. The summed E-state index contributed by atoms with van der Waals surface area (Å²) in [4.78, 5) is 29.1. The highest BCUT2D eigenvalue weighted by atomic mass is 16.2. The summed E-state index contributed by atoms with van der Waals surface area (Å²) in [6.45, 7) is 9.64. The summed E-state index contributed by atoms with van der Waals surface area (Å²) < 4.78 is 0. The number of hydrogen-bond acceptors (Lipinski definition) is 2. The molecule has 0 spiro atoms. The van der Waals surface area contributed by atoms with Gasteiger partial charge in [-0.25, -0.2) is 0 Å². The van der Waals surface area contributed by atoms with Crippen molar-refractivity contribution in [2.24, 2.45) is 5.92 Å². The molecule has 1 unspecified atom stereocenters. The molecule has 0 aliphatic carbocycles. The van der Waals surface area contributed by atoms with Crippen molar-refractivity contribution in [3.05, 3.63) is 35.4 Å². The standard InChI is InChI=1S/C21H32N2O2/c1-5-6-9-13-22(21(25)16(2)3)15-20(24)23-14-12-18-10-7-8-11-19(18)17(23)4/h7-8,10-11,16-17H,5-6,9,12-15H2,1-4H3. The van der Waals surface area contributed by atoms with Crippen LogP contribution in [0.15, 0.2) is 24.3 Å². The topological polar surface area (TPSA) is 40.6 Å². The van der Waals surface area contributed by atoms with E-state index in [0.717, 1.165) is 32.2 Å². The molecule has 1 aromatic rings. The van der Waals surface area contributed by atoms with Crippen LogP contribution in [0.4, 0.5) is 0 Å². The van der Waals surface area contributed by atoms with Gasteiger partial charge in [-0.05, 0) is 30.9 Å². The quantitative estimate of drug-likeness (QED) is 0.706. The van der Waals surface area contributed by atoms with E-state index in [0.29, 0.717) is 6.54 Å². The van der Waals surface area contributed by atoms with Crippen molar-refractivity contribution in [2.75, 3.05) is 19.6 Å². The van der Waals surface area contributed by atoms with Gasteiger partial charge >= 0.3 is 0 Å². The van der Waals surface area contributed by atoms with Crippen molar-refractivity contribution in [2.45, 2.75) is 59.4 Å².